The van der Waals surface area contributed by atoms with Crippen LogP contribution in [0, 0.1) is 0 Å². The number of benzene rings is 1. The lowest BCUT2D eigenvalue weighted by molar-refractivity contribution is -0.117. The fourth-order valence-electron chi connectivity index (χ4n) is 2.42. The van der Waals surface area contributed by atoms with Crippen LogP contribution in [-0.2, 0) is 4.79 Å². The molecule has 0 aliphatic carbocycles. The number of nitrogens with one attached hydrogen (secondary N) is 1. The maximum Gasteiger partial charge on any atom is 0.238 e. The second kappa shape index (κ2) is 6.24. The highest BCUT2D eigenvalue weighted by molar-refractivity contribution is 5.93. The summed E-state index contributed by atoms with van der Waals surface area (Å²) in [6.45, 7) is 5.83. The first-order valence-corrected chi connectivity index (χ1v) is 6.96. The molecule has 1 atom stereocenters. The minimum atomic E-state index is -0.677. The molecule has 1 aromatic carbocycles. The van der Waals surface area contributed by atoms with E-state index in [9.17, 15) is 9.90 Å². The number of anilines is 1. The van der Waals surface area contributed by atoms with E-state index in [1.807, 2.05) is 36.1 Å². The van der Waals surface area contributed by atoms with Crippen LogP contribution in [0.25, 0.3) is 0 Å². The number of hydrogen-bond donors (Lipinski definition) is 2. The summed E-state index contributed by atoms with van der Waals surface area (Å²) in [5.74, 6) is 0.589. The van der Waals surface area contributed by atoms with Crippen molar-refractivity contribution < 1.29 is 14.6 Å². The van der Waals surface area contributed by atoms with E-state index in [1.54, 1.807) is 6.92 Å². The fourth-order valence-corrected chi connectivity index (χ4v) is 2.42. The Morgan fingerprint density at radius 2 is 2.25 bits per heavy atom. The van der Waals surface area contributed by atoms with Gasteiger partial charge in [0, 0.05) is 13.1 Å². The summed E-state index contributed by atoms with van der Waals surface area (Å²) >= 11 is 0. The van der Waals surface area contributed by atoms with Gasteiger partial charge < -0.3 is 15.2 Å². The Morgan fingerprint density at radius 3 is 2.90 bits per heavy atom. The number of likely N-dealkylation sites (tertiary alicyclic amines) is 1. The Bertz CT molecular complexity index is 474. The molecule has 1 amide bonds. The lowest BCUT2D eigenvalue weighted by Gasteiger charge is -2.18. The average molecular weight is 278 g/mol. The molecular formula is C15H22N2O3. The first-order valence-electron chi connectivity index (χ1n) is 6.96. The zero-order valence-corrected chi connectivity index (χ0v) is 12.1. The molecule has 5 heteroatoms. The Hall–Kier alpha value is -1.59. The third-order valence-corrected chi connectivity index (χ3v) is 3.36. The van der Waals surface area contributed by atoms with E-state index in [0.29, 0.717) is 31.0 Å². The molecule has 1 aliphatic rings. The van der Waals surface area contributed by atoms with Crippen LogP contribution in [0.2, 0.25) is 0 Å². The second-order valence-corrected chi connectivity index (χ2v) is 5.43. The van der Waals surface area contributed by atoms with E-state index in [0.717, 1.165) is 6.54 Å². The molecule has 1 heterocycles. The first-order chi connectivity index (χ1) is 9.50. The first kappa shape index (κ1) is 14.8. The van der Waals surface area contributed by atoms with Crippen molar-refractivity contribution in [1.29, 1.82) is 0 Å². The molecule has 5 nitrogen and oxygen atoms in total. The molecule has 0 radical (unpaired) electrons. The van der Waals surface area contributed by atoms with Crippen LogP contribution in [0.3, 0.4) is 0 Å². The SMILES string of the molecule is CCOc1ccccc1NC(=O)CN1CCC(C)(O)C1. The van der Waals surface area contributed by atoms with Crippen molar-refractivity contribution in [1.82, 2.24) is 4.90 Å². The van der Waals surface area contributed by atoms with Gasteiger partial charge in [0.05, 0.1) is 24.4 Å². The van der Waals surface area contributed by atoms with Gasteiger partial charge in [-0.1, -0.05) is 12.1 Å². The number of carbonyl (C=O) groups excluding carboxylic acids is 1. The molecule has 20 heavy (non-hydrogen) atoms. The van der Waals surface area contributed by atoms with E-state index in [2.05, 4.69) is 5.32 Å². The van der Waals surface area contributed by atoms with Crippen molar-refractivity contribution in [3.05, 3.63) is 24.3 Å². The number of hydrogen-bond acceptors (Lipinski definition) is 4. The fraction of sp³-hybridized carbons (Fsp3) is 0.533. The van der Waals surface area contributed by atoms with Gasteiger partial charge >= 0.3 is 0 Å². The number of carbonyl (C=O) groups is 1. The Kier molecular flexibility index (Phi) is 4.62. The minimum absolute atomic E-state index is 0.0881. The van der Waals surface area contributed by atoms with Crippen LogP contribution in [0.1, 0.15) is 20.3 Å². The Morgan fingerprint density at radius 1 is 1.50 bits per heavy atom. The average Bonchev–Trinajstić information content (AvgIpc) is 2.71. The number of rotatable bonds is 5. The molecule has 1 aromatic rings. The maximum atomic E-state index is 12.0. The highest BCUT2D eigenvalue weighted by atomic mass is 16.5. The molecule has 0 spiro atoms. The standard InChI is InChI=1S/C15H22N2O3/c1-3-20-13-7-5-4-6-12(13)16-14(18)10-17-9-8-15(2,19)11-17/h4-7,19H,3,8-11H2,1-2H3,(H,16,18). The summed E-state index contributed by atoms with van der Waals surface area (Å²) in [5, 5.41) is 12.8. The van der Waals surface area contributed by atoms with E-state index < -0.39 is 5.60 Å². The minimum Gasteiger partial charge on any atom is -0.492 e. The number of para-hydroxylation sites is 2. The summed E-state index contributed by atoms with van der Waals surface area (Å²) in [6.07, 6.45) is 0.704. The summed E-state index contributed by atoms with van der Waals surface area (Å²) in [5.41, 5.74) is 0.00840. The maximum absolute atomic E-state index is 12.0. The van der Waals surface area contributed by atoms with E-state index in [4.69, 9.17) is 4.74 Å². The summed E-state index contributed by atoms with van der Waals surface area (Å²) < 4.78 is 5.47. The van der Waals surface area contributed by atoms with E-state index in [1.165, 1.54) is 0 Å². The van der Waals surface area contributed by atoms with Gasteiger partial charge in [-0.25, -0.2) is 0 Å². The molecule has 2 rings (SSSR count). The lowest BCUT2D eigenvalue weighted by atomic mass is 10.1. The Labute approximate surface area is 119 Å². The normalized spacial score (nSPS) is 22.8. The third kappa shape index (κ3) is 3.95. The number of β-amino-alcohol motifs (C(OH)–C–C–N with tert-alkyl or cyclic N) is 1. The van der Waals surface area contributed by atoms with Gasteiger partial charge in [-0.3, -0.25) is 9.69 Å². The van der Waals surface area contributed by atoms with Gasteiger partial charge in [0.15, 0.2) is 0 Å². The number of amides is 1. The highest BCUT2D eigenvalue weighted by Gasteiger charge is 2.32. The molecule has 110 valence electrons. The molecule has 0 bridgehead atoms. The van der Waals surface area contributed by atoms with E-state index >= 15 is 0 Å². The quantitative estimate of drug-likeness (QED) is 0.856. The van der Waals surface area contributed by atoms with Crippen LogP contribution >= 0.6 is 0 Å². The van der Waals surface area contributed by atoms with E-state index in [-0.39, 0.29) is 12.5 Å². The zero-order valence-electron chi connectivity index (χ0n) is 12.1. The van der Waals surface area contributed by atoms with Crippen molar-refractivity contribution in [3.63, 3.8) is 0 Å². The predicted molar refractivity (Wildman–Crippen MR) is 77.9 cm³/mol. The molecule has 0 saturated carbocycles. The van der Waals surface area contributed by atoms with Gasteiger partial charge in [0.1, 0.15) is 5.75 Å². The monoisotopic (exact) mass is 278 g/mol. The van der Waals surface area contributed by atoms with Crippen molar-refractivity contribution in [2.24, 2.45) is 0 Å². The van der Waals surface area contributed by atoms with Crippen molar-refractivity contribution in [3.8, 4) is 5.75 Å². The smallest absolute Gasteiger partial charge is 0.238 e. The predicted octanol–water partition coefficient (Wildman–Crippen LogP) is 1.48. The van der Waals surface area contributed by atoms with Crippen LogP contribution in [0.15, 0.2) is 24.3 Å². The molecule has 1 saturated heterocycles. The topological polar surface area (TPSA) is 61.8 Å². The van der Waals surface area contributed by atoms with Crippen LogP contribution < -0.4 is 10.1 Å². The zero-order chi connectivity index (χ0) is 14.6. The number of ether oxygens (including phenoxy) is 1. The van der Waals surface area contributed by atoms with Gasteiger partial charge in [0.2, 0.25) is 5.91 Å². The van der Waals surface area contributed by atoms with Crippen LogP contribution in [0.5, 0.6) is 5.75 Å². The highest BCUT2D eigenvalue weighted by Crippen LogP contribution is 2.24. The van der Waals surface area contributed by atoms with Crippen molar-refractivity contribution in [2.45, 2.75) is 25.9 Å². The Balaban J connectivity index is 1.92. The largest absolute Gasteiger partial charge is 0.492 e. The summed E-state index contributed by atoms with van der Waals surface area (Å²) in [4.78, 5) is 14.0. The molecule has 1 fully saturated rings. The van der Waals surface area contributed by atoms with Crippen LogP contribution in [0.4, 0.5) is 5.69 Å². The number of aliphatic hydroxyl groups is 1. The lowest BCUT2D eigenvalue weighted by Crippen LogP contribution is -2.35. The second-order valence-electron chi connectivity index (χ2n) is 5.43. The van der Waals surface area contributed by atoms with Gasteiger partial charge in [-0.05, 0) is 32.4 Å². The number of nitrogens with zero attached hydrogens (tertiary/aromatic N) is 1. The molecule has 0 aromatic heterocycles. The molecule has 1 aliphatic heterocycles. The van der Waals surface area contributed by atoms with Crippen molar-refractivity contribution >= 4 is 11.6 Å². The summed E-state index contributed by atoms with van der Waals surface area (Å²) in [6, 6.07) is 7.39. The van der Waals surface area contributed by atoms with Gasteiger partial charge in [-0.15, -0.1) is 0 Å². The molecule has 2 N–H and O–H groups in total. The molecule has 1 unspecified atom stereocenters. The van der Waals surface area contributed by atoms with Crippen molar-refractivity contribution in [2.75, 3.05) is 31.6 Å². The van der Waals surface area contributed by atoms with Gasteiger partial charge in [0.25, 0.3) is 0 Å². The molecular weight excluding hydrogens is 256 g/mol. The third-order valence-electron chi connectivity index (χ3n) is 3.36. The van der Waals surface area contributed by atoms with Gasteiger partial charge in [-0.2, -0.15) is 0 Å². The summed E-state index contributed by atoms with van der Waals surface area (Å²) in [7, 11) is 0. The van der Waals surface area contributed by atoms with Crippen LogP contribution in [-0.4, -0.2) is 47.8 Å².